The van der Waals surface area contributed by atoms with Crippen LogP contribution in [0.1, 0.15) is 24.8 Å². The summed E-state index contributed by atoms with van der Waals surface area (Å²) in [5.41, 5.74) is 0. The Balaban J connectivity index is 2.73. The van der Waals surface area contributed by atoms with E-state index in [9.17, 15) is 4.79 Å². The van der Waals surface area contributed by atoms with Gasteiger partial charge in [-0.1, -0.05) is 13.8 Å². The summed E-state index contributed by atoms with van der Waals surface area (Å²) in [4.78, 5) is 14.0. The van der Waals surface area contributed by atoms with Gasteiger partial charge < -0.3 is 4.74 Å². The van der Waals surface area contributed by atoms with Crippen LogP contribution in [0.25, 0.3) is 0 Å². The van der Waals surface area contributed by atoms with Crippen LogP contribution in [-0.2, 0) is 4.79 Å². The molecule has 0 N–H and O–H groups in total. The predicted octanol–water partition coefficient (Wildman–Crippen LogP) is 1.80. The second kappa shape index (κ2) is 3.48. The van der Waals surface area contributed by atoms with Crippen molar-refractivity contribution in [1.29, 1.82) is 0 Å². The molecule has 60 valence electrons. The monoisotopic (exact) mass is 171 g/mol. The Hall–Kier alpha value is -0.900. The Kier molecular flexibility index (Phi) is 2.59. The molecule has 1 rings (SSSR count). The van der Waals surface area contributed by atoms with Crippen molar-refractivity contribution in [2.75, 3.05) is 0 Å². The van der Waals surface area contributed by atoms with Gasteiger partial charge >= 0.3 is 0 Å². The van der Waals surface area contributed by atoms with E-state index >= 15 is 0 Å². The van der Waals surface area contributed by atoms with Crippen LogP contribution in [0.5, 0.6) is 5.88 Å². The third kappa shape index (κ3) is 2.01. The van der Waals surface area contributed by atoms with Crippen LogP contribution >= 0.6 is 11.3 Å². The number of thiazole rings is 1. The average molecular weight is 171 g/mol. The zero-order valence-electron chi connectivity index (χ0n) is 6.40. The minimum Gasteiger partial charge on any atom is -0.409 e. The van der Waals surface area contributed by atoms with Gasteiger partial charge in [0.15, 0.2) is 0 Å². The number of nitrogens with zero attached hydrogens (tertiary/aromatic N) is 1. The van der Waals surface area contributed by atoms with E-state index in [0.717, 1.165) is 5.01 Å². The fraction of sp³-hybridized carbons (Fsp3) is 0.429. The number of ether oxygens (including phenoxy) is 1. The highest BCUT2D eigenvalue weighted by Crippen LogP contribution is 2.22. The summed E-state index contributed by atoms with van der Waals surface area (Å²) in [5, 5.41) is 2.71. The molecule has 0 spiro atoms. The number of aromatic nitrogens is 1. The summed E-state index contributed by atoms with van der Waals surface area (Å²) in [6.07, 6.45) is 0. The molecule has 0 unspecified atom stereocenters. The van der Waals surface area contributed by atoms with E-state index in [1.54, 1.807) is 5.38 Å². The first-order valence-electron chi connectivity index (χ1n) is 3.29. The molecular weight excluding hydrogens is 162 g/mol. The van der Waals surface area contributed by atoms with Crippen molar-refractivity contribution in [3.63, 3.8) is 0 Å². The van der Waals surface area contributed by atoms with Gasteiger partial charge in [0.2, 0.25) is 5.88 Å². The normalized spacial score (nSPS) is 10.1. The molecule has 0 aromatic carbocycles. The lowest BCUT2D eigenvalue weighted by molar-refractivity contribution is -0.120. The zero-order valence-corrected chi connectivity index (χ0v) is 7.22. The van der Waals surface area contributed by atoms with Crippen LogP contribution in [0.2, 0.25) is 0 Å². The molecule has 0 aliphatic rings. The fourth-order valence-corrected chi connectivity index (χ4v) is 1.39. The van der Waals surface area contributed by atoms with Crippen LogP contribution in [0.15, 0.2) is 5.38 Å². The van der Waals surface area contributed by atoms with Gasteiger partial charge in [-0.15, -0.1) is 11.3 Å². The van der Waals surface area contributed by atoms with Crippen LogP contribution in [0.3, 0.4) is 0 Å². The van der Waals surface area contributed by atoms with Crippen molar-refractivity contribution in [2.24, 2.45) is 0 Å². The SMILES string of the molecule is CC(C)c1nc(OC=O)cs1. The Morgan fingerprint density at radius 1 is 1.73 bits per heavy atom. The molecule has 0 fully saturated rings. The second-order valence-corrected chi connectivity index (χ2v) is 3.28. The average Bonchev–Trinajstić information content (AvgIpc) is 2.37. The van der Waals surface area contributed by atoms with Gasteiger partial charge in [0.05, 0.1) is 10.4 Å². The van der Waals surface area contributed by atoms with E-state index in [4.69, 9.17) is 0 Å². The lowest BCUT2D eigenvalue weighted by Gasteiger charge is -1.95. The summed E-state index contributed by atoms with van der Waals surface area (Å²) in [5.74, 6) is 0.790. The smallest absolute Gasteiger partial charge is 0.299 e. The van der Waals surface area contributed by atoms with E-state index in [-0.39, 0.29) is 0 Å². The van der Waals surface area contributed by atoms with Crippen LogP contribution < -0.4 is 4.74 Å². The Morgan fingerprint density at radius 2 is 2.45 bits per heavy atom. The number of rotatable bonds is 3. The lowest BCUT2D eigenvalue weighted by Crippen LogP contribution is -1.90. The van der Waals surface area contributed by atoms with E-state index in [2.05, 4.69) is 9.72 Å². The van der Waals surface area contributed by atoms with Crippen molar-refractivity contribution < 1.29 is 9.53 Å². The molecule has 0 saturated carbocycles. The number of carbonyl (C=O) groups excluding carboxylic acids is 1. The lowest BCUT2D eigenvalue weighted by atomic mass is 10.2. The summed E-state index contributed by atoms with van der Waals surface area (Å²) in [6.45, 7) is 4.48. The highest BCUT2D eigenvalue weighted by molar-refractivity contribution is 7.09. The van der Waals surface area contributed by atoms with Crippen molar-refractivity contribution >= 4 is 17.8 Å². The van der Waals surface area contributed by atoms with Gasteiger partial charge in [-0.05, 0) is 0 Å². The number of carbonyl (C=O) groups is 1. The number of hydrogen-bond donors (Lipinski definition) is 0. The fourth-order valence-electron chi connectivity index (χ4n) is 0.641. The minimum atomic E-state index is 0.388. The maximum absolute atomic E-state index is 9.90. The molecule has 0 amide bonds. The molecular formula is C7H9NO2S. The standard InChI is InChI=1S/C7H9NO2S/c1-5(2)7-8-6(3-11-7)10-4-9/h3-5H,1-2H3. The quantitative estimate of drug-likeness (QED) is 0.651. The maximum Gasteiger partial charge on any atom is 0.299 e. The largest absolute Gasteiger partial charge is 0.409 e. The van der Waals surface area contributed by atoms with E-state index in [1.807, 2.05) is 13.8 Å². The maximum atomic E-state index is 9.90. The van der Waals surface area contributed by atoms with Crippen molar-refractivity contribution in [2.45, 2.75) is 19.8 Å². The number of hydrogen-bond acceptors (Lipinski definition) is 4. The molecule has 0 atom stereocenters. The molecule has 0 saturated heterocycles. The third-order valence-electron chi connectivity index (χ3n) is 1.16. The van der Waals surface area contributed by atoms with Crippen molar-refractivity contribution in [3.8, 4) is 5.88 Å². The summed E-state index contributed by atoms with van der Waals surface area (Å²) >= 11 is 1.50. The van der Waals surface area contributed by atoms with Crippen LogP contribution in [-0.4, -0.2) is 11.5 Å². The summed E-state index contributed by atoms with van der Waals surface area (Å²) < 4.78 is 4.56. The molecule has 1 aromatic heterocycles. The van der Waals surface area contributed by atoms with Gasteiger partial charge in [0.1, 0.15) is 0 Å². The summed E-state index contributed by atoms with van der Waals surface area (Å²) in [7, 11) is 0. The third-order valence-corrected chi connectivity index (χ3v) is 2.29. The van der Waals surface area contributed by atoms with E-state index in [0.29, 0.717) is 18.3 Å². The van der Waals surface area contributed by atoms with Crippen molar-refractivity contribution in [1.82, 2.24) is 4.98 Å². The molecule has 0 bridgehead atoms. The molecule has 3 nitrogen and oxygen atoms in total. The predicted molar refractivity (Wildman–Crippen MR) is 42.9 cm³/mol. The van der Waals surface area contributed by atoms with Gasteiger partial charge in [0, 0.05) is 5.92 Å². The van der Waals surface area contributed by atoms with E-state index < -0.39 is 0 Å². The summed E-state index contributed by atoms with van der Waals surface area (Å²) in [6, 6.07) is 0. The van der Waals surface area contributed by atoms with Gasteiger partial charge in [-0.2, -0.15) is 0 Å². The first-order chi connectivity index (χ1) is 5.24. The highest BCUT2D eigenvalue weighted by atomic mass is 32.1. The first kappa shape index (κ1) is 8.20. The Bertz CT molecular complexity index is 244. The minimum absolute atomic E-state index is 0.388. The zero-order chi connectivity index (χ0) is 8.27. The van der Waals surface area contributed by atoms with Gasteiger partial charge in [-0.3, -0.25) is 4.79 Å². The second-order valence-electron chi connectivity index (χ2n) is 2.39. The van der Waals surface area contributed by atoms with Crippen molar-refractivity contribution in [3.05, 3.63) is 10.4 Å². The molecule has 0 aliphatic carbocycles. The Morgan fingerprint density at radius 3 is 2.91 bits per heavy atom. The molecule has 0 aliphatic heterocycles. The molecule has 1 heterocycles. The molecule has 0 radical (unpaired) electrons. The molecule has 1 aromatic rings. The Labute approximate surface area is 69.0 Å². The van der Waals surface area contributed by atoms with Gasteiger partial charge in [0.25, 0.3) is 6.47 Å². The van der Waals surface area contributed by atoms with Gasteiger partial charge in [-0.25, -0.2) is 4.98 Å². The van der Waals surface area contributed by atoms with Crippen LogP contribution in [0.4, 0.5) is 0 Å². The van der Waals surface area contributed by atoms with Crippen LogP contribution in [0, 0.1) is 0 Å². The molecule has 11 heavy (non-hydrogen) atoms. The highest BCUT2D eigenvalue weighted by Gasteiger charge is 2.05. The topological polar surface area (TPSA) is 39.2 Å². The van der Waals surface area contributed by atoms with E-state index in [1.165, 1.54) is 11.3 Å². The molecule has 4 heteroatoms. The first-order valence-corrected chi connectivity index (χ1v) is 4.17.